The Morgan fingerprint density at radius 1 is 0.857 bits per heavy atom. The minimum absolute atomic E-state index is 0.0458. The van der Waals surface area contributed by atoms with Gasteiger partial charge in [-0.1, -0.05) is 58.3 Å². The Bertz CT molecular complexity index is 297. The number of hydrogen-bond acceptors (Lipinski definition) is 1. The van der Waals surface area contributed by atoms with Crippen LogP contribution < -0.4 is 0 Å². The first-order valence-electron chi connectivity index (χ1n) is 9.41. The van der Waals surface area contributed by atoms with Gasteiger partial charge in [0.25, 0.3) is 0 Å². The summed E-state index contributed by atoms with van der Waals surface area (Å²) < 4.78 is 0. The molecule has 2 nitrogen and oxygen atoms in total. The van der Waals surface area contributed by atoms with Crippen LogP contribution in [-0.2, 0) is 4.79 Å². The predicted molar refractivity (Wildman–Crippen MR) is 87.3 cm³/mol. The molecule has 0 amide bonds. The van der Waals surface area contributed by atoms with Gasteiger partial charge < -0.3 is 5.11 Å². The van der Waals surface area contributed by atoms with E-state index in [-0.39, 0.29) is 5.92 Å². The molecule has 122 valence electrons. The number of rotatable bonds is 7. The van der Waals surface area contributed by atoms with Crippen molar-refractivity contribution in [1.29, 1.82) is 0 Å². The summed E-state index contributed by atoms with van der Waals surface area (Å²) in [4.78, 5) is 11.0. The van der Waals surface area contributed by atoms with Crippen molar-refractivity contribution in [2.24, 2.45) is 23.7 Å². The van der Waals surface area contributed by atoms with Crippen LogP contribution in [0.15, 0.2) is 0 Å². The van der Waals surface area contributed by atoms with E-state index in [0.717, 1.165) is 43.4 Å². The molecule has 0 spiro atoms. The molecule has 0 bridgehead atoms. The lowest BCUT2D eigenvalue weighted by atomic mass is 9.72. The standard InChI is InChI=1S/C19H34O2/c1-2-3-4-5-15-6-8-16(9-7-15)14-17-10-12-18(13-11-17)19(20)21/h15-18H,2-14H2,1H3,(H,20,21). The molecule has 0 radical (unpaired) electrons. The Morgan fingerprint density at radius 3 is 1.90 bits per heavy atom. The first kappa shape index (κ1) is 16.8. The van der Waals surface area contributed by atoms with E-state index >= 15 is 0 Å². The molecule has 1 N–H and O–H groups in total. The quantitative estimate of drug-likeness (QED) is 0.616. The second-order valence-electron chi connectivity index (χ2n) is 7.67. The monoisotopic (exact) mass is 294 g/mol. The Labute approximate surface area is 130 Å². The average molecular weight is 294 g/mol. The van der Waals surface area contributed by atoms with Gasteiger partial charge in [-0.15, -0.1) is 0 Å². The molecule has 21 heavy (non-hydrogen) atoms. The number of carboxylic acid groups (broad SMARTS) is 1. The van der Waals surface area contributed by atoms with E-state index in [4.69, 9.17) is 5.11 Å². The van der Waals surface area contributed by atoms with Crippen LogP contribution in [0.1, 0.15) is 90.4 Å². The van der Waals surface area contributed by atoms with Crippen LogP contribution in [0.5, 0.6) is 0 Å². The molecule has 0 aromatic carbocycles. The summed E-state index contributed by atoms with van der Waals surface area (Å²) in [7, 11) is 0. The van der Waals surface area contributed by atoms with Crippen LogP contribution in [0.4, 0.5) is 0 Å². The highest BCUT2D eigenvalue weighted by Crippen LogP contribution is 2.39. The van der Waals surface area contributed by atoms with E-state index in [1.54, 1.807) is 0 Å². The highest BCUT2D eigenvalue weighted by atomic mass is 16.4. The first-order chi connectivity index (χ1) is 10.2. The van der Waals surface area contributed by atoms with E-state index in [9.17, 15) is 4.79 Å². The van der Waals surface area contributed by atoms with Gasteiger partial charge in [0.05, 0.1) is 5.92 Å². The van der Waals surface area contributed by atoms with Crippen molar-refractivity contribution in [3.8, 4) is 0 Å². The van der Waals surface area contributed by atoms with Gasteiger partial charge >= 0.3 is 5.97 Å². The van der Waals surface area contributed by atoms with Crippen LogP contribution in [0.2, 0.25) is 0 Å². The third-order valence-corrected chi connectivity index (χ3v) is 6.04. The summed E-state index contributed by atoms with van der Waals surface area (Å²) in [6, 6.07) is 0. The van der Waals surface area contributed by atoms with E-state index in [1.807, 2.05) is 0 Å². The SMILES string of the molecule is CCCCCC1CCC(CC2CCC(C(=O)O)CC2)CC1. The molecule has 2 heteroatoms. The summed E-state index contributed by atoms with van der Waals surface area (Å²) in [6.07, 6.45) is 17.0. The van der Waals surface area contributed by atoms with Crippen molar-refractivity contribution in [3.63, 3.8) is 0 Å². The van der Waals surface area contributed by atoms with Crippen LogP contribution >= 0.6 is 0 Å². The molecular weight excluding hydrogens is 260 g/mol. The van der Waals surface area contributed by atoms with Crippen molar-refractivity contribution in [2.75, 3.05) is 0 Å². The zero-order valence-corrected chi connectivity index (χ0v) is 13.9. The maximum atomic E-state index is 11.0. The molecule has 0 aromatic rings. The molecule has 2 fully saturated rings. The second-order valence-corrected chi connectivity index (χ2v) is 7.67. The average Bonchev–Trinajstić information content (AvgIpc) is 2.50. The van der Waals surface area contributed by atoms with Gasteiger partial charge in [-0.05, 0) is 49.9 Å². The fourth-order valence-electron chi connectivity index (χ4n) is 4.56. The summed E-state index contributed by atoms with van der Waals surface area (Å²) in [5, 5.41) is 9.06. The molecule has 0 atom stereocenters. The number of aliphatic carboxylic acids is 1. The molecule has 2 aliphatic carbocycles. The number of unbranched alkanes of at least 4 members (excludes halogenated alkanes) is 2. The van der Waals surface area contributed by atoms with Crippen LogP contribution in [0, 0.1) is 23.7 Å². The first-order valence-corrected chi connectivity index (χ1v) is 9.41. The zero-order chi connectivity index (χ0) is 15.1. The second kappa shape index (κ2) is 8.80. The topological polar surface area (TPSA) is 37.3 Å². The van der Waals surface area contributed by atoms with Gasteiger partial charge in [0.15, 0.2) is 0 Å². The molecule has 0 aromatic heterocycles. The van der Waals surface area contributed by atoms with Crippen molar-refractivity contribution < 1.29 is 9.90 Å². The van der Waals surface area contributed by atoms with E-state index in [1.165, 1.54) is 57.8 Å². The number of carbonyl (C=O) groups is 1. The maximum absolute atomic E-state index is 11.0. The normalized spacial score (nSPS) is 33.8. The molecule has 2 aliphatic rings. The molecule has 0 heterocycles. The van der Waals surface area contributed by atoms with Crippen molar-refractivity contribution in [1.82, 2.24) is 0 Å². The Balaban J connectivity index is 1.60. The Morgan fingerprint density at radius 2 is 1.38 bits per heavy atom. The summed E-state index contributed by atoms with van der Waals surface area (Å²) in [5.74, 6) is 2.16. The molecule has 2 rings (SSSR count). The van der Waals surface area contributed by atoms with Gasteiger partial charge in [-0.2, -0.15) is 0 Å². The van der Waals surface area contributed by atoms with Crippen LogP contribution in [-0.4, -0.2) is 11.1 Å². The Kier molecular flexibility index (Phi) is 7.06. The lowest BCUT2D eigenvalue weighted by molar-refractivity contribution is -0.143. The van der Waals surface area contributed by atoms with E-state index < -0.39 is 5.97 Å². The van der Waals surface area contributed by atoms with Gasteiger partial charge in [0.2, 0.25) is 0 Å². The van der Waals surface area contributed by atoms with Crippen molar-refractivity contribution >= 4 is 5.97 Å². The van der Waals surface area contributed by atoms with Crippen molar-refractivity contribution in [2.45, 2.75) is 90.4 Å². The van der Waals surface area contributed by atoms with Gasteiger partial charge in [-0.25, -0.2) is 0 Å². The largest absolute Gasteiger partial charge is 0.481 e. The van der Waals surface area contributed by atoms with Gasteiger partial charge in [0.1, 0.15) is 0 Å². The number of hydrogen-bond donors (Lipinski definition) is 1. The smallest absolute Gasteiger partial charge is 0.306 e. The van der Waals surface area contributed by atoms with Gasteiger partial charge in [-0.3, -0.25) is 4.79 Å². The third kappa shape index (κ3) is 5.64. The summed E-state index contributed by atoms with van der Waals surface area (Å²) in [5.41, 5.74) is 0. The predicted octanol–water partition coefficient (Wildman–Crippen LogP) is 5.65. The minimum atomic E-state index is -0.568. The molecule has 0 saturated heterocycles. The van der Waals surface area contributed by atoms with Crippen molar-refractivity contribution in [3.05, 3.63) is 0 Å². The van der Waals surface area contributed by atoms with Crippen LogP contribution in [0.3, 0.4) is 0 Å². The summed E-state index contributed by atoms with van der Waals surface area (Å²) in [6.45, 7) is 2.29. The maximum Gasteiger partial charge on any atom is 0.306 e. The molecule has 0 unspecified atom stereocenters. The number of carboxylic acids is 1. The van der Waals surface area contributed by atoms with E-state index in [2.05, 4.69) is 6.92 Å². The fourth-order valence-corrected chi connectivity index (χ4v) is 4.56. The minimum Gasteiger partial charge on any atom is -0.481 e. The zero-order valence-electron chi connectivity index (χ0n) is 13.9. The van der Waals surface area contributed by atoms with Crippen LogP contribution in [0.25, 0.3) is 0 Å². The highest BCUT2D eigenvalue weighted by molar-refractivity contribution is 5.69. The molecular formula is C19H34O2. The molecule has 2 saturated carbocycles. The lowest BCUT2D eigenvalue weighted by Crippen LogP contribution is -2.24. The third-order valence-electron chi connectivity index (χ3n) is 6.04. The summed E-state index contributed by atoms with van der Waals surface area (Å²) >= 11 is 0. The van der Waals surface area contributed by atoms with E-state index in [0.29, 0.717) is 0 Å². The Hall–Kier alpha value is -0.530. The lowest BCUT2D eigenvalue weighted by Gasteiger charge is -2.33. The molecule has 0 aliphatic heterocycles. The fraction of sp³-hybridized carbons (Fsp3) is 0.947. The van der Waals surface area contributed by atoms with Gasteiger partial charge in [0, 0.05) is 0 Å². The highest BCUT2D eigenvalue weighted by Gasteiger charge is 2.29.